The van der Waals surface area contributed by atoms with Crippen LogP contribution in [-0.2, 0) is 17.4 Å². The molecule has 1 aromatic heterocycles. The molecule has 0 saturated carbocycles. The van der Waals surface area contributed by atoms with Crippen molar-refractivity contribution in [1.82, 2.24) is 9.55 Å². The van der Waals surface area contributed by atoms with E-state index >= 15 is 0 Å². The molecule has 32 heavy (non-hydrogen) atoms. The van der Waals surface area contributed by atoms with E-state index in [2.05, 4.69) is 117 Å². The first-order chi connectivity index (χ1) is 15.3. The summed E-state index contributed by atoms with van der Waals surface area (Å²) in [4.78, 5) is 4.76. The van der Waals surface area contributed by atoms with Crippen molar-refractivity contribution >= 4 is 8.32 Å². The van der Waals surface area contributed by atoms with E-state index in [1.54, 1.807) is 0 Å². The minimum atomic E-state index is -1.84. The van der Waals surface area contributed by atoms with E-state index in [0.717, 1.165) is 25.2 Å². The number of aryl methyl sites for hydroxylation is 1. The highest BCUT2D eigenvalue weighted by Gasteiger charge is 2.37. The zero-order chi connectivity index (χ0) is 23.0. The third-order valence-electron chi connectivity index (χ3n) is 6.52. The fourth-order valence-electron chi connectivity index (χ4n) is 3.45. The molecule has 1 atom stereocenters. The first-order valence-electron chi connectivity index (χ1n) is 11.7. The van der Waals surface area contributed by atoms with E-state index in [9.17, 15) is 0 Å². The first kappa shape index (κ1) is 24.2. The molecule has 0 N–H and O–H groups in total. The van der Waals surface area contributed by atoms with Crippen LogP contribution in [0, 0.1) is 0 Å². The third kappa shape index (κ3) is 6.78. The summed E-state index contributed by atoms with van der Waals surface area (Å²) in [6.45, 7) is 13.0. The molecule has 0 aliphatic heterocycles. The van der Waals surface area contributed by atoms with Gasteiger partial charge in [0.05, 0.1) is 5.92 Å². The topological polar surface area (TPSA) is 27.1 Å². The fourth-order valence-corrected chi connectivity index (χ4v) is 4.48. The summed E-state index contributed by atoms with van der Waals surface area (Å²) in [6.07, 6.45) is 10.7. The molecule has 2 aromatic carbocycles. The second-order valence-corrected chi connectivity index (χ2v) is 14.8. The number of allylic oxidation sites excluding steroid dienone is 1. The first-order valence-corrected chi connectivity index (χ1v) is 14.6. The van der Waals surface area contributed by atoms with Crippen LogP contribution in [0.2, 0.25) is 18.1 Å². The largest absolute Gasteiger partial charge is 0.416 e. The van der Waals surface area contributed by atoms with Crippen molar-refractivity contribution < 1.29 is 4.43 Å². The SMILES string of the molecule is CC(C)(C)[Si](C)(C)OC[C@H](/C=C/CCc1ccccc1)c1nccn1Cc1ccccc1. The van der Waals surface area contributed by atoms with Gasteiger partial charge in [-0.2, -0.15) is 0 Å². The van der Waals surface area contributed by atoms with Crippen LogP contribution < -0.4 is 0 Å². The van der Waals surface area contributed by atoms with E-state index in [0.29, 0.717) is 6.61 Å². The van der Waals surface area contributed by atoms with Crippen molar-refractivity contribution in [3.63, 3.8) is 0 Å². The monoisotopic (exact) mass is 446 g/mol. The number of hydrogen-bond acceptors (Lipinski definition) is 2. The summed E-state index contributed by atoms with van der Waals surface area (Å²) in [5.41, 5.74) is 2.65. The van der Waals surface area contributed by atoms with E-state index < -0.39 is 8.32 Å². The predicted molar refractivity (Wildman–Crippen MR) is 138 cm³/mol. The summed E-state index contributed by atoms with van der Waals surface area (Å²) in [6, 6.07) is 21.2. The minimum absolute atomic E-state index is 0.138. The molecule has 0 bridgehead atoms. The van der Waals surface area contributed by atoms with Crippen LogP contribution >= 0.6 is 0 Å². The van der Waals surface area contributed by atoms with Crippen molar-refractivity contribution in [2.75, 3.05) is 6.61 Å². The highest BCUT2D eigenvalue weighted by Crippen LogP contribution is 2.37. The lowest BCUT2D eigenvalue weighted by atomic mass is 10.1. The zero-order valence-corrected chi connectivity index (χ0v) is 21.3. The van der Waals surface area contributed by atoms with Crippen molar-refractivity contribution in [3.8, 4) is 0 Å². The lowest BCUT2D eigenvalue weighted by Gasteiger charge is -2.37. The van der Waals surface area contributed by atoms with E-state index in [1.807, 2.05) is 6.20 Å². The molecule has 0 unspecified atom stereocenters. The molecular formula is C28H38N2OSi. The summed E-state index contributed by atoms with van der Waals surface area (Å²) < 4.78 is 8.90. The van der Waals surface area contributed by atoms with Gasteiger partial charge in [0.25, 0.3) is 0 Å². The van der Waals surface area contributed by atoms with Gasteiger partial charge in [0.15, 0.2) is 8.32 Å². The molecule has 0 radical (unpaired) electrons. The van der Waals surface area contributed by atoms with E-state index in [-0.39, 0.29) is 11.0 Å². The summed E-state index contributed by atoms with van der Waals surface area (Å²) in [5, 5.41) is 0.189. The average molecular weight is 447 g/mol. The van der Waals surface area contributed by atoms with Crippen molar-refractivity contribution in [2.24, 2.45) is 0 Å². The maximum atomic E-state index is 6.63. The van der Waals surface area contributed by atoms with Crippen molar-refractivity contribution in [1.29, 1.82) is 0 Å². The molecule has 4 heteroatoms. The number of nitrogens with zero attached hydrogens (tertiary/aromatic N) is 2. The summed E-state index contributed by atoms with van der Waals surface area (Å²) >= 11 is 0. The molecule has 0 saturated heterocycles. The van der Waals surface area contributed by atoms with Gasteiger partial charge in [-0.1, -0.05) is 93.6 Å². The number of rotatable bonds is 10. The predicted octanol–water partition coefficient (Wildman–Crippen LogP) is 7.23. The van der Waals surface area contributed by atoms with Gasteiger partial charge in [-0.25, -0.2) is 4.98 Å². The Morgan fingerprint density at radius 1 is 0.969 bits per heavy atom. The van der Waals surface area contributed by atoms with Crippen LogP contribution in [0.25, 0.3) is 0 Å². The van der Waals surface area contributed by atoms with Crippen LogP contribution in [-0.4, -0.2) is 24.5 Å². The minimum Gasteiger partial charge on any atom is -0.416 e. The molecule has 0 aliphatic rings. The number of hydrogen-bond donors (Lipinski definition) is 0. The molecule has 1 heterocycles. The average Bonchev–Trinajstić information content (AvgIpc) is 3.21. The van der Waals surface area contributed by atoms with Crippen LogP contribution in [0.1, 0.15) is 50.1 Å². The molecule has 0 amide bonds. The van der Waals surface area contributed by atoms with Gasteiger partial charge >= 0.3 is 0 Å². The lowest BCUT2D eigenvalue weighted by Crippen LogP contribution is -2.41. The smallest absolute Gasteiger partial charge is 0.192 e. The van der Waals surface area contributed by atoms with Gasteiger partial charge in [0.1, 0.15) is 5.82 Å². The Morgan fingerprint density at radius 3 is 2.22 bits per heavy atom. The number of aromatic nitrogens is 2. The molecule has 170 valence electrons. The molecule has 0 spiro atoms. The highest BCUT2D eigenvalue weighted by atomic mass is 28.4. The Labute approximate surface area is 195 Å². The van der Waals surface area contributed by atoms with Gasteiger partial charge in [-0.15, -0.1) is 0 Å². The second kappa shape index (κ2) is 10.9. The lowest BCUT2D eigenvalue weighted by molar-refractivity contribution is 0.273. The van der Waals surface area contributed by atoms with E-state index in [4.69, 9.17) is 9.41 Å². The highest BCUT2D eigenvalue weighted by molar-refractivity contribution is 6.74. The summed E-state index contributed by atoms with van der Waals surface area (Å²) in [7, 11) is -1.84. The van der Waals surface area contributed by atoms with Crippen LogP contribution in [0.15, 0.2) is 85.2 Å². The maximum Gasteiger partial charge on any atom is 0.192 e. The van der Waals surface area contributed by atoms with Crippen LogP contribution in [0.4, 0.5) is 0 Å². The van der Waals surface area contributed by atoms with E-state index in [1.165, 1.54) is 11.1 Å². The fraction of sp³-hybridized carbons (Fsp3) is 0.393. The van der Waals surface area contributed by atoms with Crippen molar-refractivity contribution in [2.45, 2.75) is 64.2 Å². The Hall–Kier alpha value is -2.43. The standard InChI is InChI=1S/C28H38N2OSi/c1-28(2,3)32(4,5)31-23-26(19-13-12-16-24-14-8-6-9-15-24)27-29-20-21-30(27)22-25-17-10-7-11-18-25/h6-11,13-15,17-21,26H,12,16,22-23H2,1-5H3/b19-13+/t26-/m0/s1. The van der Waals surface area contributed by atoms with Gasteiger partial charge in [-0.3, -0.25) is 0 Å². The number of benzene rings is 2. The quantitative estimate of drug-likeness (QED) is 0.243. The second-order valence-electron chi connectivity index (χ2n) is 10.0. The molecular weight excluding hydrogens is 408 g/mol. The Bertz CT molecular complexity index is 971. The molecule has 0 aliphatic carbocycles. The molecule has 3 rings (SSSR count). The van der Waals surface area contributed by atoms with Crippen LogP contribution in [0.5, 0.6) is 0 Å². The normalized spacial score (nSPS) is 13.5. The molecule has 3 aromatic rings. The zero-order valence-electron chi connectivity index (χ0n) is 20.3. The third-order valence-corrected chi connectivity index (χ3v) is 11.0. The van der Waals surface area contributed by atoms with Gasteiger partial charge < -0.3 is 8.99 Å². The van der Waals surface area contributed by atoms with Gasteiger partial charge in [-0.05, 0) is 42.1 Å². The Morgan fingerprint density at radius 2 is 1.59 bits per heavy atom. The number of imidazole rings is 1. The summed E-state index contributed by atoms with van der Waals surface area (Å²) in [5.74, 6) is 1.21. The van der Waals surface area contributed by atoms with Gasteiger partial charge in [0.2, 0.25) is 0 Å². The molecule has 3 nitrogen and oxygen atoms in total. The molecule has 0 fully saturated rings. The Kier molecular flexibility index (Phi) is 8.27. The van der Waals surface area contributed by atoms with Gasteiger partial charge in [0, 0.05) is 25.5 Å². The Balaban J connectivity index is 1.76. The van der Waals surface area contributed by atoms with Crippen LogP contribution in [0.3, 0.4) is 0 Å². The maximum absolute atomic E-state index is 6.63. The van der Waals surface area contributed by atoms with Crippen molar-refractivity contribution in [3.05, 3.63) is 102 Å².